The lowest BCUT2D eigenvalue weighted by molar-refractivity contribution is 0.413. The first-order chi connectivity index (χ1) is 10.1. The highest BCUT2D eigenvalue weighted by atomic mass is 35.5. The lowest BCUT2D eigenvalue weighted by Gasteiger charge is -2.20. The molecule has 0 radical (unpaired) electrons. The van der Waals surface area contributed by atoms with E-state index >= 15 is 0 Å². The predicted molar refractivity (Wildman–Crippen MR) is 79.9 cm³/mol. The molecule has 1 atom stereocenters. The van der Waals surface area contributed by atoms with Crippen LogP contribution in [0.25, 0.3) is 0 Å². The van der Waals surface area contributed by atoms with E-state index in [1.807, 2.05) is 6.92 Å². The molecule has 0 aromatic heterocycles. The summed E-state index contributed by atoms with van der Waals surface area (Å²) in [5.74, 6) is -1.22. The fraction of sp³-hybridized carbons (Fsp3) is 0.250. The maximum atomic E-state index is 14.1. The second-order valence-electron chi connectivity index (χ2n) is 4.53. The zero-order valence-corrected chi connectivity index (χ0v) is 12.5. The van der Waals surface area contributed by atoms with Gasteiger partial charge in [0.2, 0.25) is 0 Å². The summed E-state index contributed by atoms with van der Waals surface area (Å²) in [6.45, 7) is 2.50. The van der Waals surface area contributed by atoms with E-state index in [2.05, 4.69) is 5.32 Å². The highest BCUT2D eigenvalue weighted by Gasteiger charge is 2.20. The number of ether oxygens (including phenoxy) is 1. The highest BCUT2D eigenvalue weighted by Crippen LogP contribution is 2.31. The minimum Gasteiger partial charge on any atom is -0.495 e. The maximum absolute atomic E-state index is 14.1. The number of hydrogen-bond acceptors (Lipinski definition) is 2. The smallest absolute Gasteiger partial charge is 0.163 e. The molecule has 0 fully saturated rings. The quantitative estimate of drug-likeness (QED) is 0.887. The van der Waals surface area contributed by atoms with Crippen LogP contribution in [-0.4, -0.2) is 13.7 Å². The van der Waals surface area contributed by atoms with Crippen molar-refractivity contribution >= 4 is 11.6 Å². The van der Waals surface area contributed by atoms with Crippen molar-refractivity contribution in [1.82, 2.24) is 5.32 Å². The Morgan fingerprint density at radius 2 is 2.00 bits per heavy atom. The Kier molecular flexibility index (Phi) is 5.15. The average molecular weight is 312 g/mol. The van der Waals surface area contributed by atoms with E-state index in [0.717, 1.165) is 11.6 Å². The topological polar surface area (TPSA) is 21.3 Å². The second-order valence-corrected chi connectivity index (χ2v) is 4.93. The van der Waals surface area contributed by atoms with E-state index in [0.29, 0.717) is 17.3 Å². The zero-order valence-electron chi connectivity index (χ0n) is 11.8. The van der Waals surface area contributed by atoms with Crippen molar-refractivity contribution in [3.8, 4) is 5.75 Å². The van der Waals surface area contributed by atoms with Crippen LogP contribution in [0.5, 0.6) is 5.75 Å². The number of hydrogen-bond donors (Lipinski definition) is 1. The van der Waals surface area contributed by atoms with Crippen LogP contribution >= 0.6 is 11.6 Å². The van der Waals surface area contributed by atoms with Gasteiger partial charge in [0.15, 0.2) is 11.6 Å². The van der Waals surface area contributed by atoms with Gasteiger partial charge in [-0.25, -0.2) is 8.78 Å². The van der Waals surface area contributed by atoms with E-state index < -0.39 is 17.7 Å². The van der Waals surface area contributed by atoms with Crippen LogP contribution in [-0.2, 0) is 0 Å². The van der Waals surface area contributed by atoms with Crippen molar-refractivity contribution in [3.63, 3.8) is 0 Å². The van der Waals surface area contributed by atoms with Crippen molar-refractivity contribution in [2.24, 2.45) is 0 Å². The van der Waals surface area contributed by atoms with E-state index in [9.17, 15) is 8.78 Å². The Labute approximate surface area is 127 Å². The minimum atomic E-state index is -0.865. The molecule has 0 heterocycles. The summed E-state index contributed by atoms with van der Waals surface area (Å²) in [4.78, 5) is 0. The highest BCUT2D eigenvalue weighted by molar-refractivity contribution is 6.32. The van der Waals surface area contributed by atoms with Crippen LogP contribution in [0.4, 0.5) is 8.78 Å². The van der Waals surface area contributed by atoms with E-state index in [-0.39, 0.29) is 5.56 Å². The molecule has 2 aromatic rings. The monoisotopic (exact) mass is 311 g/mol. The Balaban J connectivity index is 2.50. The van der Waals surface area contributed by atoms with Gasteiger partial charge in [0.05, 0.1) is 18.2 Å². The third-order valence-corrected chi connectivity index (χ3v) is 3.52. The molecule has 2 aromatic carbocycles. The minimum absolute atomic E-state index is 0.251. The van der Waals surface area contributed by atoms with E-state index in [1.54, 1.807) is 24.3 Å². The molecule has 5 heteroatoms. The van der Waals surface area contributed by atoms with Crippen molar-refractivity contribution in [2.75, 3.05) is 13.7 Å². The van der Waals surface area contributed by atoms with Crippen molar-refractivity contribution in [3.05, 3.63) is 64.2 Å². The van der Waals surface area contributed by atoms with Crippen molar-refractivity contribution < 1.29 is 13.5 Å². The lowest BCUT2D eigenvalue weighted by Crippen LogP contribution is -2.23. The molecule has 0 bridgehead atoms. The number of halogens is 3. The summed E-state index contributed by atoms with van der Waals surface area (Å²) in [5, 5.41) is 3.62. The van der Waals surface area contributed by atoms with Crippen molar-refractivity contribution in [1.29, 1.82) is 0 Å². The van der Waals surface area contributed by atoms with Crippen LogP contribution in [0.15, 0.2) is 36.4 Å². The zero-order chi connectivity index (χ0) is 15.4. The van der Waals surface area contributed by atoms with Gasteiger partial charge in [-0.2, -0.15) is 0 Å². The van der Waals surface area contributed by atoms with Gasteiger partial charge in [0.1, 0.15) is 5.75 Å². The van der Waals surface area contributed by atoms with Gasteiger partial charge in [0.25, 0.3) is 0 Å². The fourth-order valence-corrected chi connectivity index (χ4v) is 2.41. The SMILES string of the molecule is CCNC(c1ccc(Cl)c(OC)c1)c1cccc(F)c1F. The van der Waals surface area contributed by atoms with Crippen LogP contribution in [0.2, 0.25) is 5.02 Å². The van der Waals surface area contributed by atoms with E-state index in [4.69, 9.17) is 16.3 Å². The molecule has 0 saturated carbocycles. The number of rotatable bonds is 5. The van der Waals surface area contributed by atoms with Gasteiger partial charge in [-0.3, -0.25) is 0 Å². The fourth-order valence-electron chi connectivity index (χ4n) is 2.21. The molecule has 1 N–H and O–H groups in total. The van der Waals surface area contributed by atoms with Crippen LogP contribution in [0.3, 0.4) is 0 Å². The first-order valence-electron chi connectivity index (χ1n) is 6.59. The van der Waals surface area contributed by atoms with Crippen molar-refractivity contribution in [2.45, 2.75) is 13.0 Å². The number of benzene rings is 2. The van der Waals surface area contributed by atoms with Gasteiger partial charge in [-0.1, -0.05) is 36.7 Å². The third kappa shape index (κ3) is 3.34. The molecule has 112 valence electrons. The van der Waals surface area contributed by atoms with Gasteiger partial charge < -0.3 is 10.1 Å². The summed E-state index contributed by atoms with van der Waals surface area (Å²) in [5.41, 5.74) is 1.00. The molecular formula is C16H16ClF2NO. The summed E-state index contributed by atoms with van der Waals surface area (Å²) < 4.78 is 32.7. The molecule has 0 spiro atoms. The summed E-state index contributed by atoms with van der Waals surface area (Å²) >= 11 is 6.00. The normalized spacial score (nSPS) is 12.2. The lowest BCUT2D eigenvalue weighted by atomic mass is 9.97. The van der Waals surface area contributed by atoms with Crippen LogP contribution in [0, 0.1) is 11.6 Å². The third-order valence-electron chi connectivity index (χ3n) is 3.21. The molecule has 0 aliphatic carbocycles. The molecule has 0 aliphatic heterocycles. The maximum Gasteiger partial charge on any atom is 0.163 e. The Morgan fingerprint density at radius 1 is 1.24 bits per heavy atom. The van der Waals surface area contributed by atoms with Gasteiger partial charge >= 0.3 is 0 Å². The first kappa shape index (κ1) is 15.7. The molecule has 0 aliphatic rings. The Morgan fingerprint density at radius 3 is 2.67 bits per heavy atom. The predicted octanol–water partition coefficient (Wildman–Crippen LogP) is 4.33. The second kappa shape index (κ2) is 6.87. The van der Waals surface area contributed by atoms with Gasteiger partial charge in [0, 0.05) is 5.56 Å². The molecule has 2 rings (SSSR count). The number of nitrogens with one attached hydrogen (secondary N) is 1. The van der Waals surface area contributed by atoms with Gasteiger partial charge in [-0.15, -0.1) is 0 Å². The molecule has 1 unspecified atom stereocenters. The summed E-state index contributed by atoms with van der Waals surface area (Å²) in [7, 11) is 1.51. The van der Waals surface area contributed by atoms with Crippen LogP contribution < -0.4 is 10.1 Å². The molecule has 0 saturated heterocycles. The average Bonchev–Trinajstić information content (AvgIpc) is 2.49. The summed E-state index contributed by atoms with van der Waals surface area (Å²) in [6, 6.07) is 8.85. The van der Waals surface area contributed by atoms with E-state index in [1.165, 1.54) is 13.2 Å². The summed E-state index contributed by atoms with van der Waals surface area (Å²) in [6.07, 6.45) is 0. The Hall–Kier alpha value is -1.65. The first-order valence-corrected chi connectivity index (χ1v) is 6.97. The molecular weight excluding hydrogens is 296 g/mol. The molecule has 2 nitrogen and oxygen atoms in total. The van der Waals surface area contributed by atoms with Crippen LogP contribution in [0.1, 0.15) is 24.1 Å². The Bertz CT molecular complexity index is 634. The van der Waals surface area contributed by atoms with Gasteiger partial charge in [-0.05, 0) is 30.3 Å². The molecule has 21 heavy (non-hydrogen) atoms. The largest absolute Gasteiger partial charge is 0.495 e. The number of methoxy groups -OCH3 is 1. The molecule has 0 amide bonds. The standard InChI is InChI=1S/C16H16ClF2NO/c1-3-20-16(11-5-4-6-13(18)15(11)19)10-7-8-12(17)14(9-10)21-2/h4-9,16,20H,3H2,1-2H3.